The van der Waals surface area contributed by atoms with Gasteiger partial charge in [-0.3, -0.25) is 0 Å². The SMILES string of the molecule is O=C(O)/C=C/c1cccc([B-](O)(O)O)c1. The van der Waals surface area contributed by atoms with Crippen LogP contribution in [0.2, 0.25) is 0 Å². The fourth-order valence-corrected chi connectivity index (χ4v) is 1.07. The molecule has 0 fully saturated rings. The molecule has 80 valence electrons. The summed E-state index contributed by atoms with van der Waals surface area (Å²) in [4.78, 5) is 10.2. The Labute approximate surface area is 85.9 Å². The first-order valence-electron chi connectivity index (χ1n) is 4.22. The Morgan fingerprint density at radius 2 is 1.93 bits per heavy atom. The van der Waals surface area contributed by atoms with Crippen LogP contribution in [-0.2, 0) is 4.79 Å². The monoisotopic (exact) mass is 209 g/mol. The van der Waals surface area contributed by atoms with Crippen molar-refractivity contribution < 1.29 is 25.0 Å². The lowest BCUT2D eigenvalue weighted by atomic mass is 9.71. The van der Waals surface area contributed by atoms with E-state index < -0.39 is 12.7 Å². The summed E-state index contributed by atoms with van der Waals surface area (Å²) >= 11 is 0. The van der Waals surface area contributed by atoms with Crippen LogP contribution in [0, 0.1) is 0 Å². The molecule has 6 heteroatoms. The molecule has 0 saturated carbocycles. The Morgan fingerprint density at radius 3 is 2.47 bits per heavy atom. The number of hydrogen-bond donors (Lipinski definition) is 4. The van der Waals surface area contributed by atoms with Crippen LogP contribution in [0.4, 0.5) is 0 Å². The van der Waals surface area contributed by atoms with Crippen molar-refractivity contribution in [3.05, 3.63) is 35.9 Å². The van der Waals surface area contributed by atoms with E-state index in [-0.39, 0.29) is 5.46 Å². The summed E-state index contributed by atoms with van der Waals surface area (Å²) in [6.45, 7) is -3.54. The van der Waals surface area contributed by atoms with E-state index in [1.807, 2.05) is 0 Å². The van der Waals surface area contributed by atoms with Crippen molar-refractivity contribution in [3.8, 4) is 0 Å². The Hall–Kier alpha value is -1.63. The van der Waals surface area contributed by atoms with E-state index in [4.69, 9.17) is 20.2 Å². The van der Waals surface area contributed by atoms with E-state index >= 15 is 0 Å². The van der Waals surface area contributed by atoms with Crippen LogP contribution < -0.4 is 5.46 Å². The van der Waals surface area contributed by atoms with Gasteiger partial charge in [0.1, 0.15) is 0 Å². The number of hydrogen-bond acceptors (Lipinski definition) is 4. The molecule has 0 amide bonds. The van der Waals surface area contributed by atoms with Crippen LogP contribution >= 0.6 is 0 Å². The maximum Gasteiger partial charge on any atom is 0.402 e. The molecule has 0 bridgehead atoms. The zero-order chi connectivity index (χ0) is 11.5. The van der Waals surface area contributed by atoms with Crippen molar-refractivity contribution >= 4 is 24.3 Å². The maximum atomic E-state index is 10.2. The van der Waals surface area contributed by atoms with Crippen molar-refractivity contribution in [2.24, 2.45) is 0 Å². The van der Waals surface area contributed by atoms with Crippen molar-refractivity contribution in [3.63, 3.8) is 0 Å². The van der Waals surface area contributed by atoms with Crippen LogP contribution in [0.15, 0.2) is 30.3 Å². The molecule has 0 heterocycles. The highest BCUT2D eigenvalue weighted by Crippen LogP contribution is 2.02. The van der Waals surface area contributed by atoms with Gasteiger partial charge in [0, 0.05) is 6.08 Å². The quantitative estimate of drug-likeness (QED) is 0.374. The fourth-order valence-electron chi connectivity index (χ4n) is 1.07. The average molecular weight is 209 g/mol. The molecular formula is C9H10BO5-. The second-order valence-electron chi connectivity index (χ2n) is 3.08. The molecule has 0 saturated heterocycles. The van der Waals surface area contributed by atoms with E-state index in [9.17, 15) is 4.79 Å². The lowest BCUT2D eigenvalue weighted by Crippen LogP contribution is -2.48. The van der Waals surface area contributed by atoms with Crippen LogP contribution in [0.25, 0.3) is 6.08 Å². The Kier molecular flexibility index (Phi) is 3.26. The normalized spacial score (nSPS) is 11.9. The van der Waals surface area contributed by atoms with Crippen molar-refractivity contribution in [1.82, 2.24) is 0 Å². The van der Waals surface area contributed by atoms with Gasteiger partial charge in [0.05, 0.1) is 0 Å². The van der Waals surface area contributed by atoms with Gasteiger partial charge in [-0.15, -0.1) is 5.46 Å². The van der Waals surface area contributed by atoms with E-state index in [0.717, 1.165) is 6.08 Å². The van der Waals surface area contributed by atoms with E-state index in [0.29, 0.717) is 5.56 Å². The minimum Gasteiger partial charge on any atom is -0.556 e. The van der Waals surface area contributed by atoms with Gasteiger partial charge in [0.2, 0.25) is 0 Å². The topological polar surface area (TPSA) is 98.0 Å². The van der Waals surface area contributed by atoms with Gasteiger partial charge in [0.25, 0.3) is 0 Å². The van der Waals surface area contributed by atoms with Gasteiger partial charge >= 0.3 is 12.7 Å². The molecule has 0 atom stereocenters. The first kappa shape index (κ1) is 11.4. The third-order valence-electron chi connectivity index (χ3n) is 1.78. The molecule has 1 aromatic carbocycles. The molecule has 1 aromatic rings. The van der Waals surface area contributed by atoms with Crippen LogP contribution in [0.1, 0.15) is 5.56 Å². The third kappa shape index (κ3) is 3.55. The Bertz CT molecular complexity index is 394. The number of aliphatic carboxylic acids is 1. The summed E-state index contributed by atoms with van der Waals surface area (Å²) in [7, 11) is 0. The van der Waals surface area contributed by atoms with Crippen LogP contribution in [-0.4, -0.2) is 32.9 Å². The van der Waals surface area contributed by atoms with Gasteiger partial charge in [-0.05, 0) is 11.6 Å². The molecule has 1 rings (SSSR count). The molecule has 0 aliphatic carbocycles. The van der Waals surface area contributed by atoms with E-state index in [1.54, 1.807) is 6.07 Å². The Morgan fingerprint density at radius 1 is 1.27 bits per heavy atom. The van der Waals surface area contributed by atoms with Gasteiger partial charge in [-0.1, -0.05) is 24.3 Å². The Balaban J connectivity index is 2.98. The van der Waals surface area contributed by atoms with Crippen molar-refractivity contribution in [2.45, 2.75) is 0 Å². The van der Waals surface area contributed by atoms with E-state index in [1.165, 1.54) is 24.3 Å². The largest absolute Gasteiger partial charge is 0.556 e. The highest BCUT2D eigenvalue weighted by molar-refractivity contribution is 6.71. The molecule has 0 aromatic heterocycles. The smallest absolute Gasteiger partial charge is 0.402 e. The molecule has 0 aliphatic rings. The zero-order valence-corrected chi connectivity index (χ0v) is 7.74. The lowest BCUT2D eigenvalue weighted by molar-refractivity contribution is -0.131. The third-order valence-corrected chi connectivity index (χ3v) is 1.78. The minimum atomic E-state index is -3.54. The molecule has 0 spiro atoms. The summed E-state index contributed by atoms with van der Waals surface area (Å²) < 4.78 is 0. The highest BCUT2D eigenvalue weighted by atomic mass is 16.5. The number of carbonyl (C=O) groups is 1. The second-order valence-corrected chi connectivity index (χ2v) is 3.08. The molecule has 0 unspecified atom stereocenters. The number of carboxylic acid groups (broad SMARTS) is 1. The van der Waals surface area contributed by atoms with Gasteiger partial charge in [-0.25, -0.2) is 4.79 Å². The molecular weight excluding hydrogens is 199 g/mol. The summed E-state index contributed by atoms with van der Waals surface area (Å²) in [6, 6.07) is 5.68. The maximum absolute atomic E-state index is 10.2. The first-order chi connectivity index (χ1) is 6.89. The lowest BCUT2D eigenvalue weighted by Gasteiger charge is -2.21. The average Bonchev–Trinajstić information content (AvgIpc) is 2.14. The summed E-state index contributed by atoms with van der Waals surface area (Å²) in [5.41, 5.74) is 0.390. The molecule has 4 N–H and O–H groups in total. The predicted octanol–water partition coefficient (Wildman–Crippen LogP) is -1.09. The van der Waals surface area contributed by atoms with Crippen LogP contribution in [0.5, 0.6) is 0 Å². The van der Waals surface area contributed by atoms with E-state index in [2.05, 4.69) is 0 Å². The predicted molar refractivity (Wildman–Crippen MR) is 55.2 cm³/mol. The molecule has 5 nitrogen and oxygen atoms in total. The summed E-state index contributed by atoms with van der Waals surface area (Å²) in [5, 5.41) is 35.1. The summed E-state index contributed by atoms with van der Waals surface area (Å²) in [6.07, 6.45) is 2.20. The van der Waals surface area contributed by atoms with Gasteiger partial charge < -0.3 is 20.2 Å². The fraction of sp³-hybridized carbons (Fsp3) is 0. The zero-order valence-electron chi connectivity index (χ0n) is 7.74. The summed E-state index contributed by atoms with van der Waals surface area (Å²) in [5.74, 6) is -1.10. The van der Waals surface area contributed by atoms with Gasteiger partial charge in [0.15, 0.2) is 0 Å². The second kappa shape index (κ2) is 4.27. The number of rotatable bonds is 3. The number of carboxylic acids is 1. The standard InChI is InChI=1S/C9H10BO5/c11-9(12)5-4-7-2-1-3-8(6-7)10(13,14)15/h1-6,13-15H,(H,11,12)/q-1/b5-4+. The van der Waals surface area contributed by atoms with Crippen LogP contribution in [0.3, 0.4) is 0 Å². The first-order valence-corrected chi connectivity index (χ1v) is 4.22. The van der Waals surface area contributed by atoms with Crippen molar-refractivity contribution in [2.75, 3.05) is 0 Å². The highest BCUT2D eigenvalue weighted by Gasteiger charge is 2.17. The van der Waals surface area contributed by atoms with Crippen molar-refractivity contribution in [1.29, 1.82) is 0 Å². The number of benzene rings is 1. The molecule has 15 heavy (non-hydrogen) atoms. The van der Waals surface area contributed by atoms with Gasteiger partial charge in [-0.2, -0.15) is 0 Å². The molecule has 0 radical (unpaired) electrons. The molecule has 0 aliphatic heterocycles. The minimum absolute atomic E-state index is 0.0671.